The smallest absolute Gasteiger partial charge is 0.0746 e. The van der Waals surface area contributed by atoms with Crippen molar-refractivity contribution >= 4 is 0 Å². The first-order valence-corrected chi connectivity index (χ1v) is 7.11. The molecule has 0 aromatic rings. The topological polar surface area (TPSA) is 43.7 Å². The van der Waals surface area contributed by atoms with E-state index in [1.165, 1.54) is 19.3 Å². The number of hydrogen-bond donors (Lipinski definition) is 2. The summed E-state index contributed by atoms with van der Waals surface area (Å²) < 4.78 is 0. The Kier molecular flexibility index (Phi) is 4.11. The van der Waals surface area contributed by atoms with Crippen molar-refractivity contribution in [2.45, 2.75) is 57.5 Å². The Morgan fingerprint density at radius 1 is 1.06 bits per heavy atom. The molecule has 1 aliphatic carbocycles. The normalized spacial score (nSPS) is 34.8. The van der Waals surface area contributed by atoms with Crippen LogP contribution in [0.15, 0.2) is 0 Å². The molecule has 3 nitrogen and oxygen atoms in total. The lowest BCUT2D eigenvalue weighted by atomic mass is 9.74. The summed E-state index contributed by atoms with van der Waals surface area (Å²) in [6.45, 7) is 5.07. The third-order valence-corrected chi connectivity index (χ3v) is 4.56. The Morgan fingerprint density at radius 3 is 2.35 bits per heavy atom. The molecule has 1 heterocycles. The van der Waals surface area contributed by atoms with Crippen molar-refractivity contribution in [3.63, 3.8) is 0 Å². The fourth-order valence-corrected chi connectivity index (χ4v) is 3.60. The average molecular weight is 241 g/mol. The zero-order chi connectivity index (χ0) is 12.4. The summed E-state index contributed by atoms with van der Waals surface area (Å²) in [5, 5.41) is 19.8. The zero-order valence-corrected chi connectivity index (χ0v) is 11.1. The predicted molar refractivity (Wildman–Crippen MR) is 68.9 cm³/mol. The highest BCUT2D eigenvalue weighted by atomic mass is 16.3. The Hall–Kier alpha value is -0.120. The molecule has 1 unspecified atom stereocenters. The molecule has 0 amide bonds. The van der Waals surface area contributed by atoms with Crippen molar-refractivity contribution in [1.82, 2.24) is 4.90 Å². The molecule has 1 aliphatic heterocycles. The quantitative estimate of drug-likeness (QED) is 0.791. The van der Waals surface area contributed by atoms with Gasteiger partial charge in [0.2, 0.25) is 0 Å². The van der Waals surface area contributed by atoms with E-state index in [2.05, 4.69) is 4.90 Å². The fraction of sp³-hybridized carbons (Fsp3) is 1.00. The molecule has 0 bridgehead atoms. The number of piperidine rings is 1. The largest absolute Gasteiger partial charge is 0.396 e. The minimum atomic E-state index is -0.524. The number of nitrogens with zero attached hydrogens (tertiary/aromatic N) is 1. The van der Waals surface area contributed by atoms with E-state index in [0.29, 0.717) is 6.61 Å². The Labute approximate surface area is 105 Å². The van der Waals surface area contributed by atoms with E-state index in [-0.39, 0.29) is 5.41 Å². The van der Waals surface area contributed by atoms with Gasteiger partial charge < -0.3 is 10.2 Å². The summed E-state index contributed by atoms with van der Waals surface area (Å²) in [6.07, 6.45) is 8.13. The number of β-amino-alcohol motifs (C(OH)–C–C–N with tert-alkyl or cyclic N) is 1. The van der Waals surface area contributed by atoms with Crippen molar-refractivity contribution in [1.29, 1.82) is 0 Å². The van der Waals surface area contributed by atoms with Gasteiger partial charge in [-0.2, -0.15) is 0 Å². The first kappa shape index (κ1) is 13.3. The van der Waals surface area contributed by atoms with Crippen molar-refractivity contribution in [3.8, 4) is 0 Å². The molecule has 2 aliphatic rings. The summed E-state index contributed by atoms with van der Waals surface area (Å²) in [5.74, 6) is 0. The van der Waals surface area contributed by atoms with Gasteiger partial charge in [-0.3, -0.25) is 4.90 Å². The molecular weight excluding hydrogens is 214 g/mol. The molecule has 0 aromatic heterocycles. The Balaban J connectivity index is 1.93. The van der Waals surface area contributed by atoms with Gasteiger partial charge in [-0.15, -0.1) is 0 Å². The lowest BCUT2D eigenvalue weighted by Gasteiger charge is -2.44. The number of likely N-dealkylation sites (tertiary alicyclic amines) is 1. The summed E-state index contributed by atoms with van der Waals surface area (Å²) in [5.41, 5.74) is -0.408. The van der Waals surface area contributed by atoms with E-state index in [1.54, 1.807) is 0 Å². The average Bonchev–Trinajstić information content (AvgIpc) is 2.29. The van der Waals surface area contributed by atoms with Gasteiger partial charge in [0.15, 0.2) is 0 Å². The molecule has 1 saturated heterocycles. The number of aliphatic hydroxyl groups is 2. The van der Waals surface area contributed by atoms with Crippen molar-refractivity contribution in [3.05, 3.63) is 0 Å². The van der Waals surface area contributed by atoms with Gasteiger partial charge in [0, 0.05) is 25.1 Å². The fourth-order valence-electron chi connectivity index (χ4n) is 3.60. The van der Waals surface area contributed by atoms with Gasteiger partial charge in [0.25, 0.3) is 0 Å². The van der Waals surface area contributed by atoms with E-state index in [0.717, 1.165) is 45.3 Å². The van der Waals surface area contributed by atoms with Crippen LogP contribution in [0, 0.1) is 5.41 Å². The Bertz CT molecular complexity index is 247. The second kappa shape index (κ2) is 5.25. The van der Waals surface area contributed by atoms with Crippen LogP contribution in [0.4, 0.5) is 0 Å². The highest BCUT2D eigenvalue weighted by molar-refractivity contribution is 4.90. The van der Waals surface area contributed by atoms with Crippen molar-refractivity contribution < 1.29 is 10.2 Å². The van der Waals surface area contributed by atoms with Crippen molar-refractivity contribution in [2.24, 2.45) is 5.41 Å². The standard InChI is InChI=1S/C14H27NO2/c1-13(17)6-5-9-15(10-13)11-14(12-16)7-3-2-4-8-14/h16-17H,2-12H2,1H3. The lowest BCUT2D eigenvalue weighted by Crippen LogP contribution is -2.51. The zero-order valence-electron chi connectivity index (χ0n) is 11.1. The molecule has 1 saturated carbocycles. The molecule has 3 heteroatoms. The molecule has 0 aromatic carbocycles. The molecule has 2 rings (SSSR count). The summed E-state index contributed by atoms with van der Waals surface area (Å²) in [6, 6.07) is 0. The van der Waals surface area contributed by atoms with Gasteiger partial charge in [-0.25, -0.2) is 0 Å². The minimum absolute atomic E-state index is 0.117. The third-order valence-electron chi connectivity index (χ3n) is 4.56. The molecular formula is C14H27NO2. The monoisotopic (exact) mass is 241 g/mol. The van der Waals surface area contributed by atoms with Crippen LogP contribution in [0.3, 0.4) is 0 Å². The first-order chi connectivity index (χ1) is 8.05. The predicted octanol–water partition coefficient (Wildman–Crippen LogP) is 1.78. The molecule has 1 atom stereocenters. The van der Waals surface area contributed by atoms with Gasteiger partial charge >= 0.3 is 0 Å². The van der Waals surface area contributed by atoms with Crippen LogP contribution in [0.25, 0.3) is 0 Å². The molecule has 100 valence electrons. The van der Waals surface area contributed by atoms with E-state index in [1.807, 2.05) is 6.92 Å². The van der Waals surface area contributed by atoms with Crippen LogP contribution >= 0.6 is 0 Å². The maximum atomic E-state index is 10.1. The Morgan fingerprint density at radius 2 is 1.76 bits per heavy atom. The third kappa shape index (κ3) is 3.43. The van der Waals surface area contributed by atoms with Crippen LogP contribution in [0.5, 0.6) is 0 Å². The molecule has 2 fully saturated rings. The highest BCUT2D eigenvalue weighted by Crippen LogP contribution is 2.37. The maximum absolute atomic E-state index is 10.1. The van der Waals surface area contributed by atoms with Gasteiger partial charge in [-0.1, -0.05) is 19.3 Å². The lowest BCUT2D eigenvalue weighted by molar-refractivity contribution is -0.0423. The first-order valence-electron chi connectivity index (χ1n) is 7.11. The second-order valence-electron chi connectivity index (χ2n) is 6.53. The highest BCUT2D eigenvalue weighted by Gasteiger charge is 2.36. The van der Waals surface area contributed by atoms with Gasteiger partial charge in [0.05, 0.1) is 5.60 Å². The number of rotatable bonds is 3. The van der Waals surface area contributed by atoms with E-state index < -0.39 is 5.60 Å². The van der Waals surface area contributed by atoms with E-state index in [4.69, 9.17) is 0 Å². The van der Waals surface area contributed by atoms with E-state index >= 15 is 0 Å². The van der Waals surface area contributed by atoms with Crippen LogP contribution in [0.1, 0.15) is 51.9 Å². The SMILES string of the molecule is CC1(O)CCCN(CC2(CO)CCCCC2)C1. The summed E-state index contributed by atoms with van der Waals surface area (Å²) in [4.78, 5) is 2.37. The minimum Gasteiger partial charge on any atom is -0.396 e. The van der Waals surface area contributed by atoms with Gasteiger partial charge in [0.1, 0.15) is 0 Å². The van der Waals surface area contributed by atoms with Crippen LogP contribution in [-0.4, -0.2) is 47.0 Å². The molecule has 17 heavy (non-hydrogen) atoms. The van der Waals surface area contributed by atoms with E-state index in [9.17, 15) is 10.2 Å². The number of hydrogen-bond acceptors (Lipinski definition) is 3. The summed E-state index contributed by atoms with van der Waals surface area (Å²) >= 11 is 0. The second-order valence-corrected chi connectivity index (χ2v) is 6.53. The van der Waals surface area contributed by atoms with Crippen LogP contribution in [-0.2, 0) is 0 Å². The molecule has 2 N–H and O–H groups in total. The number of aliphatic hydroxyl groups excluding tert-OH is 1. The maximum Gasteiger partial charge on any atom is 0.0746 e. The van der Waals surface area contributed by atoms with Crippen molar-refractivity contribution in [2.75, 3.05) is 26.2 Å². The van der Waals surface area contributed by atoms with Crippen LogP contribution in [0.2, 0.25) is 0 Å². The molecule has 0 radical (unpaired) electrons. The summed E-state index contributed by atoms with van der Waals surface area (Å²) in [7, 11) is 0. The van der Waals surface area contributed by atoms with Crippen LogP contribution < -0.4 is 0 Å². The van der Waals surface area contributed by atoms with Gasteiger partial charge in [-0.05, 0) is 39.2 Å². The molecule has 0 spiro atoms.